The summed E-state index contributed by atoms with van der Waals surface area (Å²) in [6.07, 6.45) is 4.93. The molecule has 0 fully saturated rings. The van der Waals surface area contributed by atoms with E-state index >= 15 is 0 Å². The van der Waals surface area contributed by atoms with Gasteiger partial charge in [-0.25, -0.2) is 9.18 Å². The molecule has 0 unspecified atom stereocenters. The molecule has 0 saturated heterocycles. The number of hydrogen-bond donors (Lipinski definition) is 0. The van der Waals surface area contributed by atoms with Gasteiger partial charge in [0.15, 0.2) is 0 Å². The summed E-state index contributed by atoms with van der Waals surface area (Å²) in [4.78, 5) is 12.0. The molecule has 3 nitrogen and oxygen atoms in total. The Morgan fingerprint density at radius 2 is 1.88 bits per heavy atom. The Kier molecular flexibility index (Phi) is 6.15. The van der Waals surface area contributed by atoms with Gasteiger partial charge in [0.05, 0.1) is 25.5 Å². The summed E-state index contributed by atoms with van der Waals surface area (Å²) < 4.78 is 23.0. The molecule has 0 radical (unpaired) electrons. The summed E-state index contributed by atoms with van der Waals surface area (Å²) in [7, 11) is 2.77. The van der Waals surface area contributed by atoms with Crippen LogP contribution in [0.25, 0.3) is 17.7 Å². The van der Waals surface area contributed by atoms with E-state index in [0.29, 0.717) is 11.1 Å². The van der Waals surface area contributed by atoms with E-state index in [1.54, 1.807) is 18.2 Å². The first kappa shape index (κ1) is 17.8. The molecule has 24 heavy (non-hydrogen) atoms. The molecule has 0 aliphatic rings. The molecule has 0 saturated carbocycles. The van der Waals surface area contributed by atoms with E-state index in [1.807, 2.05) is 24.3 Å². The van der Waals surface area contributed by atoms with Crippen LogP contribution in [0.5, 0.6) is 0 Å². The molecular formula is C19H16ClFO3. The molecule has 0 aromatic heterocycles. The predicted molar refractivity (Wildman–Crippen MR) is 93.8 cm³/mol. The molecule has 0 amide bonds. The number of benzene rings is 2. The average molecular weight is 347 g/mol. The van der Waals surface area contributed by atoms with Crippen molar-refractivity contribution >= 4 is 35.3 Å². The summed E-state index contributed by atoms with van der Waals surface area (Å²) in [5, 5.41) is 0.0555. The number of halogens is 2. The van der Waals surface area contributed by atoms with Crippen LogP contribution in [-0.4, -0.2) is 20.2 Å². The van der Waals surface area contributed by atoms with Crippen LogP contribution >= 0.6 is 11.6 Å². The second-order valence-electron chi connectivity index (χ2n) is 4.85. The van der Waals surface area contributed by atoms with Gasteiger partial charge in [-0.1, -0.05) is 54.1 Å². The highest BCUT2D eigenvalue weighted by molar-refractivity contribution is 6.30. The van der Waals surface area contributed by atoms with Gasteiger partial charge in [0.1, 0.15) is 11.4 Å². The minimum atomic E-state index is -0.498. The largest absolute Gasteiger partial charge is 0.503 e. The van der Waals surface area contributed by atoms with Crippen molar-refractivity contribution in [2.24, 2.45) is 0 Å². The van der Waals surface area contributed by atoms with Crippen molar-refractivity contribution in [3.05, 3.63) is 76.3 Å². The molecule has 0 bridgehead atoms. The number of methoxy groups -OCH3 is 2. The first-order valence-corrected chi connectivity index (χ1v) is 7.48. The van der Waals surface area contributed by atoms with Crippen LogP contribution in [0.4, 0.5) is 4.39 Å². The zero-order valence-corrected chi connectivity index (χ0v) is 14.0. The van der Waals surface area contributed by atoms with E-state index in [-0.39, 0.29) is 5.02 Å². The fourth-order valence-electron chi connectivity index (χ4n) is 2.14. The molecule has 0 atom stereocenters. The van der Waals surface area contributed by atoms with Crippen molar-refractivity contribution in [2.45, 2.75) is 0 Å². The number of hydrogen-bond acceptors (Lipinski definition) is 3. The van der Waals surface area contributed by atoms with E-state index < -0.39 is 11.8 Å². The van der Waals surface area contributed by atoms with Crippen LogP contribution in [-0.2, 0) is 14.3 Å². The summed E-state index contributed by atoms with van der Waals surface area (Å²) in [6, 6.07) is 11.8. The zero-order valence-electron chi connectivity index (χ0n) is 13.3. The van der Waals surface area contributed by atoms with Gasteiger partial charge >= 0.3 is 5.97 Å². The third kappa shape index (κ3) is 4.24. The van der Waals surface area contributed by atoms with Crippen LogP contribution in [0.1, 0.15) is 16.7 Å². The molecular weight excluding hydrogens is 331 g/mol. The summed E-state index contributed by atoms with van der Waals surface area (Å²) in [5.74, 6) is -0.965. The van der Waals surface area contributed by atoms with Crippen molar-refractivity contribution in [3.63, 3.8) is 0 Å². The molecule has 0 aliphatic carbocycles. The smallest absolute Gasteiger partial charge is 0.341 e. The van der Waals surface area contributed by atoms with Gasteiger partial charge in [0.25, 0.3) is 0 Å². The standard InChI is InChI=1S/C19H16ClFO3/c1-23-12-16(19(22)24-2)15-6-4-3-5-14(15)9-7-13-8-10-18(21)17(20)11-13/h3-12H,1-2H3. The SMILES string of the molecule is COC=C(C(=O)OC)c1ccccc1C=Cc1ccc(F)c(Cl)c1. The zero-order chi connectivity index (χ0) is 17.5. The van der Waals surface area contributed by atoms with Crippen LogP contribution in [0.2, 0.25) is 5.02 Å². The van der Waals surface area contributed by atoms with E-state index in [1.165, 1.54) is 32.6 Å². The van der Waals surface area contributed by atoms with Crippen LogP contribution < -0.4 is 0 Å². The lowest BCUT2D eigenvalue weighted by Gasteiger charge is -2.09. The second kappa shape index (κ2) is 8.31. The number of esters is 1. The Morgan fingerprint density at radius 1 is 1.12 bits per heavy atom. The Morgan fingerprint density at radius 3 is 2.54 bits per heavy atom. The third-order valence-electron chi connectivity index (χ3n) is 3.29. The van der Waals surface area contributed by atoms with E-state index in [9.17, 15) is 9.18 Å². The number of rotatable bonds is 5. The Bertz CT molecular complexity index is 797. The molecule has 2 aromatic rings. The van der Waals surface area contributed by atoms with E-state index in [2.05, 4.69) is 0 Å². The van der Waals surface area contributed by atoms with Gasteiger partial charge in [-0.3, -0.25) is 0 Å². The van der Waals surface area contributed by atoms with Gasteiger partial charge in [-0.05, 0) is 28.8 Å². The first-order valence-electron chi connectivity index (χ1n) is 7.10. The van der Waals surface area contributed by atoms with Crippen LogP contribution in [0, 0.1) is 5.82 Å². The lowest BCUT2D eigenvalue weighted by Crippen LogP contribution is -2.05. The first-order chi connectivity index (χ1) is 11.6. The number of carbonyl (C=O) groups is 1. The Balaban J connectivity index is 2.41. The van der Waals surface area contributed by atoms with Gasteiger partial charge in [0.2, 0.25) is 0 Å². The normalized spacial score (nSPS) is 11.6. The number of carbonyl (C=O) groups excluding carboxylic acids is 1. The molecule has 5 heteroatoms. The highest BCUT2D eigenvalue weighted by Crippen LogP contribution is 2.23. The molecule has 2 rings (SSSR count). The van der Waals surface area contributed by atoms with Crippen molar-refractivity contribution in [3.8, 4) is 0 Å². The highest BCUT2D eigenvalue weighted by atomic mass is 35.5. The average Bonchev–Trinajstić information content (AvgIpc) is 2.60. The maximum absolute atomic E-state index is 13.2. The van der Waals surface area contributed by atoms with Gasteiger partial charge in [-0.15, -0.1) is 0 Å². The molecule has 2 aromatic carbocycles. The molecule has 124 valence electrons. The minimum absolute atomic E-state index is 0.0555. The second-order valence-corrected chi connectivity index (χ2v) is 5.26. The third-order valence-corrected chi connectivity index (χ3v) is 3.58. The monoisotopic (exact) mass is 346 g/mol. The predicted octanol–water partition coefficient (Wildman–Crippen LogP) is 4.81. The van der Waals surface area contributed by atoms with Gasteiger partial charge in [0, 0.05) is 0 Å². The van der Waals surface area contributed by atoms with Gasteiger partial charge in [-0.2, -0.15) is 0 Å². The van der Waals surface area contributed by atoms with Crippen molar-refractivity contribution in [2.75, 3.05) is 14.2 Å². The summed E-state index contributed by atoms with van der Waals surface area (Å²) >= 11 is 5.78. The molecule has 0 aliphatic heterocycles. The quantitative estimate of drug-likeness (QED) is 0.337. The van der Waals surface area contributed by atoms with E-state index in [0.717, 1.165) is 11.1 Å². The lowest BCUT2D eigenvalue weighted by molar-refractivity contribution is -0.133. The Labute approximate surface area is 145 Å². The maximum atomic E-state index is 13.2. The molecule has 0 heterocycles. The Hall–Kier alpha value is -2.59. The summed E-state index contributed by atoms with van der Waals surface area (Å²) in [6.45, 7) is 0. The maximum Gasteiger partial charge on any atom is 0.341 e. The van der Waals surface area contributed by atoms with Crippen molar-refractivity contribution in [1.82, 2.24) is 0 Å². The van der Waals surface area contributed by atoms with Crippen LogP contribution in [0.3, 0.4) is 0 Å². The summed E-state index contributed by atoms with van der Waals surface area (Å²) in [5.41, 5.74) is 2.49. The lowest BCUT2D eigenvalue weighted by atomic mass is 9.99. The molecule has 0 spiro atoms. The number of ether oxygens (including phenoxy) is 2. The topological polar surface area (TPSA) is 35.5 Å². The molecule has 0 N–H and O–H groups in total. The fourth-order valence-corrected chi connectivity index (χ4v) is 2.33. The fraction of sp³-hybridized carbons (Fsp3) is 0.105. The van der Waals surface area contributed by atoms with Crippen molar-refractivity contribution < 1.29 is 18.7 Å². The van der Waals surface area contributed by atoms with Gasteiger partial charge < -0.3 is 9.47 Å². The van der Waals surface area contributed by atoms with E-state index in [4.69, 9.17) is 21.1 Å². The van der Waals surface area contributed by atoms with Crippen molar-refractivity contribution in [1.29, 1.82) is 0 Å². The minimum Gasteiger partial charge on any atom is -0.503 e. The van der Waals surface area contributed by atoms with Crippen LogP contribution in [0.15, 0.2) is 48.7 Å². The highest BCUT2D eigenvalue weighted by Gasteiger charge is 2.15.